The molecule has 4 fully saturated rings. The SMILES string of the molecule is CCc1nc2nc(N3CC4CC(C3)O4)[nH]n2c(=O)c1N1CCN(C(=O)OC(C)(C)C)CC1. The van der Waals surface area contributed by atoms with Crippen molar-refractivity contribution in [3.63, 3.8) is 0 Å². The van der Waals surface area contributed by atoms with Crippen LogP contribution in [0, 0.1) is 0 Å². The van der Waals surface area contributed by atoms with Gasteiger partial charge in [-0.05, 0) is 27.2 Å². The summed E-state index contributed by atoms with van der Waals surface area (Å²) in [5, 5.41) is 3.15. The number of amides is 1. The lowest BCUT2D eigenvalue weighted by molar-refractivity contribution is -0.133. The third kappa shape index (κ3) is 3.78. The van der Waals surface area contributed by atoms with Gasteiger partial charge in [0.2, 0.25) is 5.95 Å². The summed E-state index contributed by atoms with van der Waals surface area (Å²) in [4.78, 5) is 40.9. The molecule has 2 bridgehead atoms. The Bertz CT molecular complexity index is 1060. The zero-order valence-electron chi connectivity index (χ0n) is 19.1. The van der Waals surface area contributed by atoms with Gasteiger partial charge in [0.1, 0.15) is 11.3 Å². The first-order chi connectivity index (χ1) is 15.2. The zero-order chi connectivity index (χ0) is 22.6. The molecule has 2 aromatic heterocycles. The third-order valence-corrected chi connectivity index (χ3v) is 6.17. The van der Waals surface area contributed by atoms with Gasteiger partial charge < -0.3 is 24.2 Å². The van der Waals surface area contributed by atoms with Crippen molar-refractivity contribution in [3.05, 3.63) is 16.0 Å². The number of piperazine rings is 1. The number of aryl methyl sites for hydroxylation is 1. The summed E-state index contributed by atoms with van der Waals surface area (Å²) in [5.41, 5.74) is 0.614. The van der Waals surface area contributed by atoms with E-state index in [1.54, 1.807) is 4.90 Å². The second-order valence-corrected chi connectivity index (χ2v) is 9.72. The molecule has 0 aromatic carbocycles. The first-order valence-corrected chi connectivity index (χ1v) is 11.4. The number of carbonyl (C=O) groups excluding carboxylic acids is 1. The minimum atomic E-state index is -0.531. The molecule has 32 heavy (non-hydrogen) atoms. The Balaban J connectivity index is 1.37. The number of nitrogens with zero attached hydrogens (tertiary/aromatic N) is 6. The monoisotopic (exact) mass is 445 g/mol. The number of H-pyrrole nitrogens is 1. The lowest BCUT2D eigenvalue weighted by Crippen LogP contribution is -2.57. The highest BCUT2D eigenvalue weighted by Crippen LogP contribution is 2.30. The summed E-state index contributed by atoms with van der Waals surface area (Å²) >= 11 is 0. The summed E-state index contributed by atoms with van der Waals surface area (Å²) in [6, 6.07) is 0. The van der Waals surface area contributed by atoms with Crippen LogP contribution in [0.5, 0.6) is 0 Å². The van der Waals surface area contributed by atoms with E-state index in [-0.39, 0.29) is 23.9 Å². The number of aromatic amines is 1. The number of nitrogens with one attached hydrogen (secondary N) is 1. The Kier molecular flexibility index (Phi) is 5.03. The van der Waals surface area contributed by atoms with E-state index in [1.807, 2.05) is 32.6 Å². The highest BCUT2D eigenvalue weighted by atomic mass is 16.6. The van der Waals surface area contributed by atoms with E-state index < -0.39 is 5.60 Å². The zero-order valence-corrected chi connectivity index (χ0v) is 19.1. The molecule has 6 rings (SSSR count). The maximum atomic E-state index is 13.4. The van der Waals surface area contributed by atoms with Gasteiger partial charge in [-0.3, -0.25) is 9.89 Å². The highest BCUT2D eigenvalue weighted by molar-refractivity contribution is 5.68. The largest absolute Gasteiger partial charge is 0.444 e. The normalized spacial score (nSPS) is 23.4. The number of hydrogen-bond donors (Lipinski definition) is 1. The van der Waals surface area contributed by atoms with Gasteiger partial charge >= 0.3 is 6.09 Å². The van der Waals surface area contributed by atoms with Crippen LogP contribution in [-0.4, -0.2) is 87.7 Å². The predicted octanol–water partition coefficient (Wildman–Crippen LogP) is 1.01. The van der Waals surface area contributed by atoms with Crippen molar-refractivity contribution in [3.8, 4) is 0 Å². The number of aromatic nitrogens is 4. The molecule has 0 aliphatic carbocycles. The number of hydrogen-bond acceptors (Lipinski definition) is 8. The topological polar surface area (TPSA) is 108 Å². The van der Waals surface area contributed by atoms with E-state index in [4.69, 9.17) is 14.5 Å². The van der Waals surface area contributed by atoms with Crippen molar-refractivity contribution < 1.29 is 14.3 Å². The fraction of sp³-hybridized carbons (Fsp3) is 0.714. The molecular formula is C21H31N7O4. The van der Waals surface area contributed by atoms with Crippen molar-refractivity contribution in [2.24, 2.45) is 0 Å². The van der Waals surface area contributed by atoms with E-state index in [1.165, 1.54) is 4.52 Å². The summed E-state index contributed by atoms with van der Waals surface area (Å²) in [6.07, 6.45) is 1.88. The summed E-state index contributed by atoms with van der Waals surface area (Å²) in [6.45, 7) is 11.2. The molecule has 2 atom stereocenters. The van der Waals surface area contributed by atoms with Gasteiger partial charge in [-0.2, -0.15) is 9.50 Å². The van der Waals surface area contributed by atoms with Gasteiger partial charge in [-0.1, -0.05) is 6.92 Å². The Labute approximate surface area is 186 Å². The van der Waals surface area contributed by atoms with E-state index in [0.717, 1.165) is 25.2 Å². The molecule has 174 valence electrons. The standard InChI is InChI=1S/C21H31N7O4/c1-5-15-16(25-6-8-26(9-7-25)20(30)32-21(2,3)4)17(29)28-18(22-15)23-19(24-28)27-11-13-10-14(12-27)31-13/h13-14H,5-12H2,1-4H3,(H,22,23,24). The van der Waals surface area contributed by atoms with Gasteiger partial charge in [0, 0.05) is 45.7 Å². The minimum absolute atomic E-state index is 0.158. The van der Waals surface area contributed by atoms with Crippen LogP contribution >= 0.6 is 0 Å². The molecule has 6 heterocycles. The fourth-order valence-corrected chi connectivity index (χ4v) is 4.61. The maximum Gasteiger partial charge on any atom is 0.410 e. The van der Waals surface area contributed by atoms with Crippen LogP contribution in [0.4, 0.5) is 16.4 Å². The third-order valence-electron chi connectivity index (χ3n) is 6.17. The van der Waals surface area contributed by atoms with Crippen molar-refractivity contribution in [1.82, 2.24) is 24.5 Å². The van der Waals surface area contributed by atoms with Crippen LogP contribution in [0.3, 0.4) is 0 Å². The van der Waals surface area contributed by atoms with Gasteiger partial charge in [0.15, 0.2) is 0 Å². The van der Waals surface area contributed by atoms with Crippen LogP contribution in [0.25, 0.3) is 5.78 Å². The number of fused-ring (bicyclic) bond motifs is 3. The van der Waals surface area contributed by atoms with Crippen LogP contribution in [-0.2, 0) is 15.9 Å². The quantitative estimate of drug-likeness (QED) is 0.746. The number of anilines is 2. The van der Waals surface area contributed by atoms with E-state index in [9.17, 15) is 9.59 Å². The minimum Gasteiger partial charge on any atom is -0.444 e. The lowest BCUT2D eigenvalue weighted by atomic mass is 9.99. The van der Waals surface area contributed by atoms with E-state index in [2.05, 4.69) is 15.0 Å². The highest BCUT2D eigenvalue weighted by Gasteiger charge is 2.39. The van der Waals surface area contributed by atoms with Gasteiger partial charge in [0.25, 0.3) is 11.3 Å². The smallest absolute Gasteiger partial charge is 0.410 e. The Morgan fingerprint density at radius 1 is 1.12 bits per heavy atom. The molecule has 11 heteroatoms. The molecule has 1 N–H and O–H groups in total. The van der Waals surface area contributed by atoms with Crippen molar-refractivity contribution in [1.29, 1.82) is 0 Å². The Morgan fingerprint density at radius 2 is 1.78 bits per heavy atom. The van der Waals surface area contributed by atoms with Crippen molar-refractivity contribution in [2.75, 3.05) is 49.1 Å². The second kappa shape index (κ2) is 7.65. The molecule has 2 aromatic rings. The number of rotatable bonds is 3. The summed E-state index contributed by atoms with van der Waals surface area (Å²) in [7, 11) is 0. The number of morpholine rings is 1. The van der Waals surface area contributed by atoms with E-state index >= 15 is 0 Å². The molecule has 4 aliphatic heterocycles. The Hall–Kier alpha value is -2.82. The molecular weight excluding hydrogens is 414 g/mol. The molecule has 1 amide bonds. The molecule has 4 saturated heterocycles. The van der Waals surface area contributed by atoms with Crippen LogP contribution in [0.2, 0.25) is 0 Å². The summed E-state index contributed by atoms with van der Waals surface area (Å²) in [5.74, 6) is 1.04. The van der Waals surface area contributed by atoms with Crippen molar-refractivity contribution >= 4 is 23.5 Å². The Morgan fingerprint density at radius 3 is 2.38 bits per heavy atom. The average molecular weight is 446 g/mol. The molecule has 4 aliphatic rings. The van der Waals surface area contributed by atoms with Gasteiger partial charge in [-0.25, -0.2) is 9.78 Å². The number of piperidine rings is 1. The van der Waals surface area contributed by atoms with Gasteiger partial charge in [-0.15, -0.1) is 0 Å². The lowest BCUT2D eigenvalue weighted by Gasteiger charge is -2.46. The molecule has 11 nitrogen and oxygen atoms in total. The van der Waals surface area contributed by atoms with Crippen LogP contribution in [0.1, 0.15) is 39.8 Å². The van der Waals surface area contributed by atoms with Gasteiger partial charge in [0.05, 0.1) is 17.9 Å². The van der Waals surface area contributed by atoms with Crippen LogP contribution < -0.4 is 15.4 Å². The van der Waals surface area contributed by atoms with Crippen molar-refractivity contribution in [2.45, 2.75) is 58.3 Å². The fourth-order valence-electron chi connectivity index (χ4n) is 4.61. The first-order valence-electron chi connectivity index (χ1n) is 11.4. The molecule has 0 spiro atoms. The molecule has 0 saturated carbocycles. The van der Waals surface area contributed by atoms with Crippen LogP contribution in [0.15, 0.2) is 4.79 Å². The maximum absolute atomic E-state index is 13.4. The molecule has 2 unspecified atom stereocenters. The molecule has 0 radical (unpaired) electrons. The predicted molar refractivity (Wildman–Crippen MR) is 118 cm³/mol. The second-order valence-electron chi connectivity index (χ2n) is 9.72. The average Bonchev–Trinajstić information content (AvgIpc) is 3.17. The number of ether oxygens (including phenoxy) is 2. The van der Waals surface area contributed by atoms with E-state index in [0.29, 0.717) is 50.0 Å². The summed E-state index contributed by atoms with van der Waals surface area (Å²) < 4.78 is 12.6. The first kappa shape index (κ1) is 21.0. The number of carbonyl (C=O) groups is 1.